The number of fused-ring (bicyclic) bond motifs is 5. The van der Waals surface area contributed by atoms with E-state index in [2.05, 4.69) is 31.2 Å². The number of hydrogen-bond acceptors (Lipinski definition) is 1. The minimum absolute atomic E-state index is 0.417. The molecular weight excluding hydrogens is 172 g/mol. The maximum atomic E-state index is 5.90. The Balaban J connectivity index is 1.73. The quantitative estimate of drug-likeness (QED) is 0.622. The molecule has 0 aromatic heterocycles. The summed E-state index contributed by atoms with van der Waals surface area (Å²) in [5.41, 5.74) is 0. The van der Waals surface area contributed by atoms with E-state index in [1.807, 2.05) is 0 Å². The lowest BCUT2D eigenvalue weighted by molar-refractivity contribution is 0.0357. The summed E-state index contributed by atoms with van der Waals surface area (Å²) in [6, 6.07) is 0. The molecule has 0 spiro atoms. The molecule has 0 amide bonds. The van der Waals surface area contributed by atoms with Crippen LogP contribution in [0.15, 0.2) is 24.3 Å². The van der Waals surface area contributed by atoms with E-state index in [9.17, 15) is 0 Å². The van der Waals surface area contributed by atoms with Crippen LogP contribution in [0.2, 0.25) is 0 Å². The van der Waals surface area contributed by atoms with Gasteiger partial charge in [0.15, 0.2) is 0 Å². The highest BCUT2D eigenvalue weighted by Crippen LogP contribution is 2.53. The van der Waals surface area contributed by atoms with Gasteiger partial charge in [-0.2, -0.15) is 0 Å². The number of rotatable bonds is 3. The first-order valence-electron chi connectivity index (χ1n) is 5.88. The Morgan fingerprint density at radius 1 is 1.14 bits per heavy atom. The van der Waals surface area contributed by atoms with Crippen molar-refractivity contribution in [3.05, 3.63) is 24.3 Å². The van der Waals surface area contributed by atoms with Crippen LogP contribution in [0.4, 0.5) is 0 Å². The van der Waals surface area contributed by atoms with Gasteiger partial charge in [-0.3, -0.25) is 0 Å². The van der Waals surface area contributed by atoms with Gasteiger partial charge in [-0.05, 0) is 30.6 Å². The highest BCUT2D eigenvalue weighted by Gasteiger charge is 2.49. The molecule has 0 aromatic carbocycles. The fraction of sp³-hybridized carbons (Fsp3) is 0.692. The van der Waals surface area contributed by atoms with Crippen LogP contribution in [-0.4, -0.2) is 12.7 Å². The van der Waals surface area contributed by atoms with Crippen LogP contribution < -0.4 is 0 Å². The van der Waals surface area contributed by atoms with E-state index in [-0.39, 0.29) is 0 Å². The summed E-state index contributed by atoms with van der Waals surface area (Å²) in [6.07, 6.45) is 12.5. The molecule has 0 radical (unpaired) electrons. The van der Waals surface area contributed by atoms with Crippen molar-refractivity contribution in [3.8, 4) is 0 Å². The average Bonchev–Trinajstić information content (AvgIpc) is 2.87. The van der Waals surface area contributed by atoms with E-state index in [1.165, 1.54) is 6.42 Å². The van der Waals surface area contributed by atoms with Gasteiger partial charge >= 0.3 is 0 Å². The Hall–Kier alpha value is -0.560. The van der Waals surface area contributed by atoms with Crippen LogP contribution in [0.5, 0.6) is 0 Å². The summed E-state index contributed by atoms with van der Waals surface area (Å²) in [5.74, 6) is 3.21. The van der Waals surface area contributed by atoms with Gasteiger partial charge in [-0.1, -0.05) is 31.2 Å². The molecular formula is C13H18O. The summed E-state index contributed by atoms with van der Waals surface area (Å²) >= 11 is 0. The second-order valence-corrected chi connectivity index (χ2v) is 4.82. The van der Waals surface area contributed by atoms with Crippen LogP contribution >= 0.6 is 0 Å². The van der Waals surface area contributed by atoms with Crippen molar-refractivity contribution < 1.29 is 4.74 Å². The van der Waals surface area contributed by atoms with E-state index in [0.717, 1.165) is 36.7 Å². The van der Waals surface area contributed by atoms with Crippen molar-refractivity contribution in [2.24, 2.45) is 23.7 Å². The Labute approximate surface area is 85.8 Å². The van der Waals surface area contributed by atoms with Crippen molar-refractivity contribution in [3.63, 3.8) is 0 Å². The molecule has 76 valence electrons. The molecule has 2 bridgehead atoms. The predicted octanol–water partition coefficient (Wildman–Crippen LogP) is 2.79. The summed E-state index contributed by atoms with van der Waals surface area (Å²) in [4.78, 5) is 0. The van der Waals surface area contributed by atoms with Gasteiger partial charge in [0.1, 0.15) is 0 Å². The maximum Gasteiger partial charge on any atom is 0.0795 e. The SMILES string of the molecule is CCCOC1C=CC2C3C=CC(C3)C12. The largest absolute Gasteiger partial charge is 0.374 e. The molecule has 0 aromatic rings. The van der Waals surface area contributed by atoms with Crippen molar-refractivity contribution in [1.29, 1.82) is 0 Å². The van der Waals surface area contributed by atoms with Gasteiger partial charge in [-0.15, -0.1) is 0 Å². The number of ether oxygens (including phenoxy) is 1. The molecule has 5 unspecified atom stereocenters. The zero-order valence-corrected chi connectivity index (χ0v) is 8.73. The highest BCUT2D eigenvalue weighted by molar-refractivity contribution is 5.24. The molecule has 0 aliphatic heterocycles. The fourth-order valence-corrected chi connectivity index (χ4v) is 3.42. The molecule has 0 N–H and O–H groups in total. The zero-order valence-electron chi connectivity index (χ0n) is 8.73. The number of hydrogen-bond donors (Lipinski definition) is 0. The van der Waals surface area contributed by atoms with Gasteiger partial charge in [0.2, 0.25) is 0 Å². The molecule has 1 fully saturated rings. The summed E-state index contributed by atoms with van der Waals surface area (Å²) < 4.78 is 5.90. The van der Waals surface area contributed by atoms with Crippen LogP contribution in [-0.2, 0) is 4.74 Å². The average molecular weight is 190 g/mol. The monoisotopic (exact) mass is 190 g/mol. The lowest BCUT2D eigenvalue weighted by Gasteiger charge is -2.26. The molecule has 3 aliphatic rings. The number of allylic oxidation sites excluding steroid dienone is 3. The van der Waals surface area contributed by atoms with E-state index in [1.54, 1.807) is 0 Å². The Bertz CT molecular complexity index is 279. The van der Waals surface area contributed by atoms with Gasteiger partial charge in [0.05, 0.1) is 6.10 Å². The first-order chi connectivity index (χ1) is 6.90. The van der Waals surface area contributed by atoms with Crippen molar-refractivity contribution in [1.82, 2.24) is 0 Å². The van der Waals surface area contributed by atoms with Crippen molar-refractivity contribution in [2.75, 3.05) is 6.61 Å². The first kappa shape index (κ1) is 8.72. The van der Waals surface area contributed by atoms with Crippen molar-refractivity contribution in [2.45, 2.75) is 25.9 Å². The minimum atomic E-state index is 0.417. The topological polar surface area (TPSA) is 9.23 Å². The van der Waals surface area contributed by atoms with Crippen LogP contribution in [0, 0.1) is 23.7 Å². The lowest BCUT2D eigenvalue weighted by atomic mass is 9.84. The molecule has 14 heavy (non-hydrogen) atoms. The van der Waals surface area contributed by atoms with Gasteiger partial charge < -0.3 is 4.74 Å². The Morgan fingerprint density at radius 2 is 2.00 bits per heavy atom. The summed E-state index contributed by atoms with van der Waals surface area (Å²) in [5, 5.41) is 0. The molecule has 0 heterocycles. The Kier molecular flexibility index (Phi) is 2.01. The smallest absolute Gasteiger partial charge is 0.0795 e. The van der Waals surface area contributed by atoms with E-state index in [0.29, 0.717) is 6.10 Å². The second kappa shape index (κ2) is 3.23. The highest BCUT2D eigenvalue weighted by atomic mass is 16.5. The van der Waals surface area contributed by atoms with E-state index < -0.39 is 0 Å². The van der Waals surface area contributed by atoms with Gasteiger partial charge in [0.25, 0.3) is 0 Å². The summed E-state index contributed by atoms with van der Waals surface area (Å²) in [6.45, 7) is 3.09. The van der Waals surface area contributed by atoms with E-state index >= 15 is 0 Å². The molecule has 0 saturated heterocycles. The van der Waals surface area contributed by atoms with Crippen LogP contribution in [0.1, 0.15) is 19.8 Å². The third kappa shape index (κ3) is 1.12. The molecule has 3 aliphatic carbocycles. The van der Waals surface area contributed by atoms with Crippen molar-refractivity contribution >= 4 is 0 Å². The van der Waals surface area contributed by atoms with Gasteiger partial charge in [0, 0.05) is 12.5 Å². The normalized spacial score (nSPS) is 47.6. The molecule has 1 heteroatoms. The maximum absolute atomic E-state index is 5.90. The predicted molar refractivity (Wildman–Crippen MR) is 56.9 cm³/mol. The van der Waals surface area contributed by atoms with Crippen LogP contribution in [0.3, 0.4) is 0 Å². The lowest BCUT2D eigenvalue weighted by Crippen LogP contribution is -2.26. The molecule has 1 saturated carbocycles. The second-order valence-electron chi connectivity index (χ2n) is 4.82. The van der Waals surface area contributed by atoms with Gasteiger partial charge in [-0.25, -0.2) is 0 Å². The third-order valence-electron chi connectivity index (χ3n) is 4.00. The fourth-order valence-electron chi connectivity index (χ4n) is 3.42. The first-order valence-corrected chi connectivity index (χ1v) is 5.88. The third-order valence-corrected chi connectivity index (χ3v) is 4.00. The Morgan fingerprint density at radius 3 is 2.86 bits per heavy atom. The molecule has 3 rings (SSSR count). The van der Waals surface area contributed by atoms with E-state index in [4.69, 9.17) is 4.74 Å². The molecule has 1 nitrogen and oxygen atoms in total. The minimum Gasteiger partial charge on any atom is -0.374 e. The standard InChI is InChI=1S/C13H18O/c1-2-7-14-12-6-5-11-9-3-4-10(8-9)13(11)12/h3-6,9-13H,2,7-8H2,1H3. The summed E-state index contributed by atoms with van der Waals surface area (Å²) in [7, 11) is 0. The van der Waals surface area contributed by atoms with Crippen LogP contribution in [0.25, 0.3) is 0 Å². The molecule has 5 atom stereocenters. The zero-order chi connectivity index (χ0) is 9.54.